The van der Waals surface area contributed by atoms with Gasteiger partial charge in [0.1, 0.15) is 0 Å². The number of rotatable bonds is 10. The SMILES string of the molecule is CCN(CC(=O)NCc1cccs1)C(=O)COC(=O)CCc1c(C)nc2cc(C)nn2c1C. The van der Waals surface area contributed by atoms with Crippen molar-refractivity contribution in [2.45, 2.75) is 47.1 Å². The largest absolute Gasteiger partial charge is 0.456 e. The number of nitrogens with zero attached hydrogens (tertiary/aromatic N) is 4. The zero-order chi connectivity index (χ0) is 24.0. The highest BCUT2D eigenvalue weighted by Gasteiger charge is 2.18. The first-order valence-corrected chi connectivity index (χ1v) is 11.7. The van der Waals surface area contributed by atoms with Crippen LogP contribution in [-0.4, -0.2) is 57.0 Å². The normalized spacial score (nSPS) is 10.9. The van der Waals surface area contributed by atoms with Crippen molar-refractivity contribution in [2.75, 3.05) is 19.7 Å². The van der Waals surface area contributed by atoms with Crippen LogP contribution in [0.5, 0.6) is 0 Å². The van der Waals surface area contributed by atoms with E-state index in [0.29, 0.717) is 19.5 Å². The van der Waals surface area contributed by atoms with Crippen molar-refractivity contribution in [1.82, 2.24) is 24.8 Å². The number of fused-ring (bicyclic) bond motifs is 1. The molecule has 10 heteroatoms. The lowest BCUT2D eigenvalue weighted by atomic mass is 10.1. The van der Waals surface area contributed by atoms with Gasteiger partial charge < -0.3 is 15.0 Å². The zero-order valence-corrected chi connectivity index (χ0v) is 20.2. The monoisotopic (exact) mass is 471 g/mol. The van der Waals surface area contributed by atoms with Crippen LogP contribution in [-0.2, 0) is 32.1 Å². The molecule has 0 aliphatic heterocycles. The van der Waals surface area contributed by atoms with Crippen molar-refractivity contribution in [3.63, 3.8) is 0 Å². The van der Waals surface area contributed by atoms with Crippen LogP contribution in [0.1, 0.15) is 40.9 Å². The number of hydrogen-bond acceptors (Lipinski definition) is 7. The molecule has 0 atom stereocenters. The van der Waals surface area contributed by atoms with Gasteiger partial charge in [0.25, 0.3) is 5.91 Å². The molecule has 3 rings (SSSR count). The van der Waals surface area contributed by atoms with E-state index in [-0.39, 0.29) is 18.9 Å². The van der Waals surface area contributed by atoms with Gasteiger partial charge in [0.05, 0.1) is 18.8 Å². The number of hydrogen-bond donors (Lipinski definition) is 1. The number of amides is 2. The molecule has 0 saturated carbocycles. The minimum atomic E-state index is -0.475. The first kappa shape index (κ1) is 24.4. The van der Waals surface area contributed by atoms with Crippen LogP contribution in [0.15, 0.2) is 23.6 Å². The van der Waals surface area contributed by atoms with Gasteiger partial charge in [-0.15, -0.1) is 11.3 Å². The Bertz CT molecular complexity index is 1140. The molecule has 176 valence electrons. The number of thiophene rings is 1. The van der Waals surface area contributed by atoms with Crippen LogP contribution in [0, 0.1) is 20.8 Å². The van der Waals surface area contributed by atoms with Crippen LogP contribution in [0.25, 0.3) is 5.65 Å². The number of carbonyl (C=O) groups is 3. The molecule has 0 radical (unpaired) electrons. The van der Waals surface area contributed by atoms with Crippen molar-refractivity contribution in [3.05, 3.63) is 51.1 Å². The summed E-state index contributed by atoms with van der Waals surface area (Å²) in [6.45, 7) is 7.83. The van der Waals surface area contributed by atoms with Gasteiger partial charge in [0, 0.05) is 35.3 Å². The third-order valence-corrected chi connectivity index (χ3v) is 6.21. The van der Waals surface area contributed by atoms with E-state index in [1.807, 2.05) is 44.4 Å². The summed E-state index contributed by atoms with van der Waals surface area (Å²) in [6.07, 6.45) is 0.560. The van der Waals surface area contributed by atoms with E-state index in [2.05, 4.69) is 15.4 Å². The number of aryl methyl sites for hydroxylation is 3. The molecule has 0 saturated heterocycles. The molecule has 0 aromatic carbocycles. The highest BCUT2D eigenvalue weighted by atomic mass is 32.1. The van der Waals surface area contributed by atoms with Crippen molar-refractivity contribution >= 4 is 34.8 Å². The lowest BCUT2D eigenvalue weighted by molar-refractivity contribution is -0.152. The summed E-state index contributed by atoms with van der Waals surface area (Å²) in [5.41, 5.74) is 4.36. The second-order valence-electron chi connectivity index (χ2n) is 7.74. The zero-order valence-electron chi connectivity index (χ0n) is 19.4. The average Bonchev–Trinajstić information content (AvgIpc) is 3.43. The summed E-state index contributed by atoms with van der Waals surface area (Å²) in [5.74, 6) is -1.13. The predicted molar refractivity (Wildman–Crippen MR) is 125 cm³/mol. The fraction of sp³-hybridized carbons (Fsp3) is 0.435. The third-order valence-electron chi connectivity index (χ3n) is 5.33. The number of aromatic nitrogens is 3. The Hall–Kier alpha value is -3.27. The first-order valence-electron chi connectivity index (χ1n) is 10.8. The summed E-state index contributed by atoms with van der Waals surface area (Å²) in [7, 11) is 0. The molecule has 0 bridgehead atoms. The van der Waals surface area contributed by atoms with Crippen molar-refractivity contribution in [2.24, 2.45) is 0 Å². The second kappa shape index (κ2) is 11.0. The van der Waals surface area contributed by atoms with E-state index in [4.69, 9.17) is 4.74 Å². The Morgan fingerprint density at radius 1 is 1.24 bits per heavy atom. The lowest BCUT2D eigenvalue weighted by Crippen LogP contribution is -2.42. The maximum absolute atomic E-state index is 12.4. The second-order valence-corrected chi connectivity index (χ2v) is 8.77. The molecule has 9 nitrogen and oxygen atoms in total. The van der Waals surface area contributed by atoms with E-state index in [1.54, 1.807) is 22.8 Å². The van der Waals surface area contributed by atoms with Gasteiger partial charge in [-0.25, -0.2) is 9.50 Å². The number of ether oxygens (including phenoxy) is 1. The van der Waals surface area contributed by atoms with E-state index in [1.165, 1.54) is 4.90 Å². The molecule has 3 aromatic heterocycles. The van der Waals surface area contributed by atoms with Crippen LogP contribution in [0.4, 0.5) is 0 Å². The smallest absolute Gasteiger partial charge is 0.306 e. The maximum atomic E-state index is 12.4. The molecule has 3 heterocycles. The van der Waals surface area contributed by atoms with E-state index in [0.717, 1.165) is 33.2 Å². The molecule has 0 fully saturated rings. The number of carbonyl (C=O) groups excluding carboxylic acids is 3. The van der Waals surface area contributed by atoms with Crippen LogP contribution < -0.4 is 5.32 Å². The van der Waals surface area contributed by atoms with Crippen LogP contribution >= 0.6 is 11.3 Å². The molecule has 33 heavy (non-hydrogen) atoms. The highest BCUT2D eigenvalue weighted by Crippen LogP contribution is 2.17. The van der Waals surface area contributed by atoms with Crippen LogP contribution in [0.3, 0.4) is 0 Å². The van der Waals surface area contributed by atoms with E-state index in [9.17, 15) is 14.4 Å². The topological polar surface area (TPSA) is 106 Å². The number of likely N-dealkylation sites (N-methyl/N-ethyl adjacent to an activating group) is 1. The molecule has 3 aromatic rings. The minimum Gasteiger partial charge on any atom is -0.456 e. The standard InChI is InChI=1S/C23H29N5O4S/c1-5-27(13-21(29)24-12-18-7-6-10-33-18)22(30)14-32-23(31)9-8-19-16(3)25-20-11-15(2)26-28(20)17(19)4/h6-7,10-11H,5,8-9,12-14H2,1-4H3,(H,24,29). The van der Waals surface area contributed by atoms with Crippen LogP contribution in [0.2, 0.25) is 0 Å². The molecule has 0 aliphatic carbocycles. The summed E-state index contributed by atoms with van der Waals surface area (Å²) in [6, 6.07) is 5.75. The van der Waals surface area contributed by atoms with Crippen molar-refractivity contribution in [1.29, 1.82) is 0 Å². The summed E-state index contributed by atoms with van der Waals surface area (Å²) >= 11 is 1.55. The van der Waals surface area contributed by atoms with Gasteiger partial charge in [-0.3, -0.25) is 14.4 Å². The Kier molecular flexibility index (Phi) is 8.16. The highest BCUT2D eigenvalue weighted by molar-refractivity contribution is 7.09. The summed E-state index contributed by atoms with van der Waals surface area (Å²) in [4.78, 5) is 43.8. The number of esters is 1. The Morgan fingerprint density at radius 2 is 2.03 bits per heavy atom. The van der Waals surface area contributed by atoms with Gasteiger partial charge >= 0.3 is 5.97 Å². The minimum absolute atomic E-state index is 0.0778. The van der Waals surface area contributed by atoms with E-state index < -0.39 is 18.5 Å². The summed E-state index contributed by atoms with van der Waals surface area (Å²) in [5, 5.41) is 9.16. The Balaban J connectivity index is 1.47. The van der Waals surface area contributed by atoms with Gasteiger partial charge in [-0.2, -0.15) is 5.10 Å². The maximum Gasteiger partial charge on any atom is 0.306 e. The Morgan fingerprint density at radius 3 is 2.73 bits per heavy atom. The lowest BCUT2D eigenvalue weighted by Gasteiger charge is -2.20. The first-order chi connectivity index (χ1) is 15.8. The van der Waals surface area contributed by atoms with Crippen molar-refractivity contribution in [3.8, 4) is 0 Å². The van der Waals surface area contributed by atoms with Gasteiger partial charge in [0.15, 0.2) is 12.3 Å². The molecule has 0 spiro atoms. The quantitative estimate of drug-likeness (QED) is 0.455. The molecule has 0 unspecified atom stereocenters. The number of nitrogens with one attached hydrogen (secondary N) is 1. The molecular formula is C23H29N5O4S. The average molecular weight is 472 g/mol. The molecule has 2 amide bonds. The van der Waals surface area contributed by atoms with Gasteiger partial charge in [-0.05, 0) is 51.1 Å². The predicted octanol–water partition coefficient (Wildman–Crippen LogP) is 2.36. The molecule has 0 aliphatic rings. The third kappa shape index (κ3) is 6.38. The fourth-order valence-corrected chi connectivity index (χ4v) is 4.18. The fourth-order valence-electron chi connectivity index (χ4n) is 3.54. The van der Waals surface area contributed by atoms with Crippen molar-refractivity contribution < 1.29 is 19.1 Å². The summed E-state index contributed by atoms with van der Waals surface area (Å²) < 4.78 is 6.95. The Labute approximate surface area is 196 Å². The van der Waals surface area contributed by atoms with Gasteiger partial charge in [-0.1, -0.05) is 6.07 Å². The van der Waals surface area contributed by atoms with Gasteiger partial charge in [0.2, 0.25) is 5.91 Å². The molecular weight excluding hydrogens is 442 g/mol. The molecule has 1 N–H and O–H groups in total. The van der Waals surface area contributed by atoms with E-state index >= 15 is 0 Å².